The van der Waals surface area contributed by atoms with Gasteiger partial charge in [-0.3, -0.25) is 4.79 Å². The van der Waals surface area contributed by atoms with Crippen LogP contribution in [0.2, 0.25) is 0 Å². The molecule has 0 spiro atoms. The van der Waals surface area contributed by atoms with Crippen LogP contribution in [-0.4, -0.2) is 36.2 Å². The van der Waals surface area contributed by atoms with E-state index in [4.69, 9.17) is 14.7 Å². The third kappa shape index (κ3) is 3.23. The van der Waals surface area contributed by atoms with Gasteiger partial charge in [0.1, 0.15) is 0 Å². The van der Waals surface area contributed by atoms with Crippen LogP contribution in [0.3, 0.4) is 0 Å². The van der Waals surface area contributed by atoms with Crippen LogP contribution in [-0.2, 0) is 14.3 Å². The minimum atomic E-state index is -0.293. The van der Waals surface area contributed by atoms with Crippen LogP contribution < -0.4 is 0 Å². The summed E-state index contributed by atoms with van der Waals surface area (Å²) in [6, 6.07) is 0. The van der Waals surface area contributed by atoms with Gasteiger partial charge in [-0.1, -0.05) is 25.5 Å². The van der Waals surface area contributed by atoms with Crippen LogP contribution in [0, 0.1) is 16.7 Å². The van der Waals surface area contributed by atoms with Crippen molar-refractivity contribution in [3.8, 4) is 0 Å². The quantitative estimate of drug-likeness (QED) is 0.271. The number of carbonyl (C=O) groups is 1. The zero-order valence-corrected chi connectivity index (χ0v) is 15.8. The first-order valence-corrected chi connectivity index (χ1v) is 8.71. The first-order valence-electron chi connectivity index (χ1n) is 8.71. The van der Waals surface area contributed by atoms with E-state index in [1.54, 1.807) is 0 Å². The molecule has 0 unspecified atom stereocenters. The van der Waals surface area contributed by atoms with Gasteiger partial charge < -0.3 is 14.7 Å². The van der Waals surface area contributed by atoms with Crippen LogP contribution >= 0.6 is 0 Å². The lowest BCUT2D eigenvalue weighted by molar-refractivity contribution is -0.149. The molecular weight excluding hydrogens is 306 g/mol. The molecule has 0 heterocycles. The summed E-state index contributed by atoms with van der Waals surface area (Å²) < 4.78 is 11.4. The van der Waals surface area contributed by atoms with Crippen molar-refractivity contribution >= 4 is 12.2 Å². The molecule has 5 heteroatoms. The minimum Gasteiger partial charge on any atom is -0.469 e. The molecule has 0 bridgehead atoms. The molecule has 5 nitrogen and oxygen atoms in total. The number of methoxy groups -OCH3 is 1. The summed E-state index contributed by atoms with van der Waals surface area (Å²) in [5.74, 6) is -0.360. The van der Waals surface area contributed by atoms with Gasteiger partial charge in [0, 0.05) is 17.0 Å². The molecule has 2 rings (SSSR count). The van der Waals surface area contributed by atoms with E-state index in [0.717, 1.165) is 19.3 Å². The highest BCUT2D eigenvalue weighted by Gasteiger charge is 2.61. The number of esters is 1. The first kappa shape index (κ1) is 19.0. The van der Waals surface area contributed by atoms with Gasteiger partial charge in [0.15, 0.2) is 0 Å². The lowest BCUT2D eigenvalue weighted by Crippen LogP contribution is -2.37. The Labute approximate surface area is 145 Å². The molecule has 0 amide bonds. The zero-order chi connectivity index (χ0) is 18.2. The van der Waals surface area contributed by atoms with Crippen LogP contribution in [0.25, 0.3) is 0 Å². The van der Waals surface area contributed by atoms with Crippen molar-refractivity contribution in [2.45, 2.75) is 72.0 Å². The molecule has 1 fully saturated rings. The van der Waals surface area contributed by atoms with Gasteiger partial charge >= 0.3 is 5.97 Å². The van der Waals surface area contributed by atoms with E-state index in [1.807, 2.05) is 0 Å². The molecule has 1 saturated carbocycles. The SMILES string of the molecule is COC(=O)[C@H]1C[C@@]2(C)C(=CC[C@@H]2OC(C)(C)C)[C@@]1(C)CC/C=N/O. The molecule has 0 aliphatic heterocycles. The average Bonchev–Trinajstić information content (AvgIpc) is 2.91. The standard InChI is InChI=1S/C19H31NO4/c1-17(2,3)24-15-9-8-14-18(4,10-7-11-20-22)13(16(21)23-6)12-19(14,15)5/h8,11,13,15,22H,7,9-10,12H2,1-6H3/b20-11+/t13-,15+,18+,19+/m1/s1. The van der Waals surface area contributed by atoms with Crippen molar-refractivity contribution in [1.29, 1.82) is 0 Å². The summed E-state index contributed by atoms with van der Waals surface area (Å²) in [6.45, 7) is 10.5. The molecule has 0 radical (unpaired) electrons. The second-order valence-corrected chi connectivity index (χ2v) is 8.52. The highest BCUT2D eigenvalue weighted by atomic mass is 16.5. The molecule has 0 saturated heterocycles. The second kappa shape index (κ2) is 6.51. The van der Waals surface area contributed by atoms with E-state index in [1.165, 1.54) is 18.9 Å². The Kier molecular flexibility index (Phi) is 5.14. The molecule has 2 aliphatic rings. The Balaban J connectivity index is 2.34. The normalized spacial score (nSPS) is 36.0. The van der Waals surface area contributed by atoms with E-state index >= 15 is 0 Å². The van der Waals surface area contributed by atoms with Gasteiger partial charge in [0.05, 0.1) is 24.7 Å². The van der Waals surface area contributed by atoms with Crippen LogP contribution in [0.4, 0.5) is 0 Å². The van der Waals surface area contributed by atoms with E-state index in [-0.39, 0.29) is 34.4 Å². The van der Waals surface area contributed by atoms with E-state index in [0.29, 0.717) is 6.42 Å². The predicted octanol–water partition coefficient (Wildman–Crippen LogP) is 3.95. The number of carbonyl (C=O) groups excluding carboxylic acids is 1. The maximum absolute atomic E-state index is 12.5. The lowest BCUT2D eigenvalue weighted by atomic mass is 9.72. The van der Waals surface area contributed by atoms with Gasteiger partial charge in [-0.2, -0.15) is 0 Å². The Morgan fingerprint density at radius 2 is 2.12 bits per heavy atom. The van der Waals surface area contributed by atoms with Crippen molar-refractivity contribution in [2.24, 2.45) is 21.9 Å². The third-order valence-corrected chi connectivity index (χ3v) is 5.73. The van der Waals surface area contributed by atoms with Gasteiger partial charge in [0.2, 0.25) is 0 Å². The number of hydrogen-bond acceptors (Lipinski definition) is 5. The van der Waals surface area contributed by atoms with Crippen LogP contribution in [0.1, 0.15) is 60.3 Å². The Hall–Kier alpha value is -1.36. The van der Waals surface area contributed by atoms with Crippen LogP contribution in [0.5, 0.6) is 0 Å². The maximum Gasteiger partial charge on any atom is 0.309 e. The van der Waals surface area contributed by atoms with Crippen molar-refractivity contribution in [2.75, 3.05) is 7.11 Å². The van der Waals surface area contributed by atoms with Gasteiger partial charge in [-0.25, -0.2) is 0 Å². The Morgan fingerprint density at radius 3 is 2.67 bits per heavy atom. The minimum absolute atomic E-state index is 0.0768. The fourth-order valence-electron chi connectivity index (χ4n) is 4.68. The summed E-state index contributed by atoms with van der Waals surface area (Å²) >= 11 is 0. The Morgan fingerprint density at radius 1 is 1.46 bits per heavy atom. The first-order chi connectivity index (χ1) is 11.1. The van der Waals surface area contributed by atoms with Crippen molar-refractivity contribution in [3.63, 3.8) is 0 Å². The average molecular weight is 337 g/mol. The molecule has 24 heavy (non-hydrogen) atoms. The molecule has 2 aliphatic carbocycles. The molecule has 1 N–H and O–H groups in total. The third-order valence-electron chi connectivity index (χ3n) is 5.73. The summed E-state index contributed by atoms with van der Waals surface area (Å²) in [5, 5.41) is 11.8. The number of nitrogens with zero attached hydrogens (tertiary/aromatic N) is 1. The topological polar surface area (TPSA) is 68.1 Å². The number of hydrogen-bond donors (Lipinski definition) is 1. The summed E-state index contributed by atoms with van der Waals surface area (Å²) in [7, 11) is 1.45. The highest BCUT2D eigenvalue weighted by Crippen LogP contribution is 2.64. The smallest absolute Gasteiger partial charge is 0.309 e. The molecule has 0 aromatic heterocycles. The monoisotopic (exact) mass is 337 g/mol. The maximum atomic E-state index is 12.5. The number of ether oxygens (including phenoxy) is 2. The molecule has 136 valence electrons. The number of rotatable bonds is 5. The summed E-state index contributed by atoms with van der Waals surface area (Å²) in [5.41, 5.74) is 0.627. The highest BCUT2D eigenvalue weighted by molar-refractivity contribution is 5.76. The molecular formula is C19H31NO4. The fourth-order valence-corrected chi connectivity index (χ4v) is 4.68. The predicted molar refractivity (Wildman–Crippen MR) is 93.2 cm³/mol. The van der Waals surface area contributed by atoms with E-state index in [9.17, 15) is 4.79 Å². The van der Waals surface area contributed by atoms with E-state index in [2.05, 4.69) is 45.9 Å². The lowest BCUT2D eigenvalue weighted by Gasteiger charge is -2.37. The van der Waals surface area contributed by atoms with Gasteiger partial charge in [-0.05, 0) is 46.5 Å². The van der Waals surface area contributed by atoms with Crippen molar-refractivity contribution in [3.05, 3.63) is 11.6 Å². The number of fused-ring (bicyclic) bond motifs is 1. The molecule has 0 aromatic carbocycles. The van der Waals surface area contributed by atoms with Crippen molar-refractivity contribution in [1.82, 2.24) is 0 Å². The molecule has 4 atom stereocenters. The van der Waals surface area contributed by atoms with Gasteiger partial charge in [0.25, 0.3) is 0 Å². The fraction of sp³-hybridized carbons (Fsp3) is 0.789. The number of oxime groups is 1. The van der Waals surface area contributed by atoms with Gasteiger partial charge in [-0.15, -0.1) is 5.16 Å². The summed E-state index contributed by atoms with van der Waals surface area (Å²) in [6.07, 6.45) is 6.82. The van der Waals surface area contributed by atoms with Crippen molar-refractivity contribution < 1.29 is 19.5 Å². The second-order valence-electron chi connectivity index (χ2n) is 8.52. The van der Waals surface area contributed by atoms with E-state index < -0.39 is 0 Å². The van der Waals surface area contributed by atoms with Crippen LogP contribution in [0.15, 0.2) is 16.8 Å². The zero-order valence-electron chi connectivity index (χ0n) is 15.8. The Bertz CT molecular complexity index is 548. The largest absolute Gasteiger partial charge is 0.469 e. The molecule has 0 aromatic rings. The summed E-state index contributed by atoms with van der Waals surface area (Å²) in [4.78, 5) is 12.5.